The largest absolute Gasteiger partial charge is 0.340 e. The Morgan fingerprint density at radius 1 is 1.11 bits per heavy atom. The van der Waals surface area contributed by atoms with E-state index < -0.39 is 0 Å². The summed E-state index contributed by atoms with van der Waals surface area (Å²) in [5.41, 5.74) is 2.55. The van der Waals surface area contributed by atoms with E-state index >= 15 is 0 Å². The molecule has 0 aliphatic heterocycles. The molecule has 0 spiro atoms. The van der Waals surface area contributed by atoms with Crippen LogP contribution in [0.15, 0.2) is 33.2 Å². The maximum absolute atomic E-state index is 13.5. The highest BCUT2D eigenvalue weighted by atomic mass is 79.9. The van der Waals surface area contributed by atoms with Crippen LogP contribution in [0.4, 0.5) is 15.9 Å². The van der Waals surface area contributed by atoms with Crippen LogP contribution in [0.3, 0.4) is 0 Å². The summed E-state index contributed by atoms with van der Waals surface area (Å²) in [4.78, 5) is 4.37. The first-order valence-electron chi connectivity index (χ1n) is 5.33. The Hall–Kier alpha value is -0.940. The Morgan fingerprint density at radius 3 is 2.50 bits per heavy atom. The zero-order chi connectivity index (χ0) is 13.3. The molecule has 0 saturated heterocycles. The van der Waals surface area contributed by atoms with Gasteiger partial charge in [-0.15, -0.1) is 0 Å². The van der Waals surface area contributed by atoms with Crippen molar-refractivity contribution in [2.75, 3.05) is 5.32 Å². The minimum atomic E-state index is -0.295. The van der Waals surface area contributed by atoms with Crippen LogP contribution in [-0.2, 0) is 0 Å². The number of nitrogens with one attached hydrogen (secondary N) is 1. The highest BCUT2D eigenvalue weighted by Crippen LogP contribution is 2.26. The van der Waals surface area contributed by atoms with Gasteiger partial charge in [-0.25, -0.2) is 9.37 Å². The number of nitrogens with zero attached hydrogens (tertiary/aromatic N) is 1. The van der Waals surface area contributed by atoms with E-state index in [-0.39, 0.29) is 5.82 Å². The summed E-state index contributed by atoms with van der Waals surface area (Å²) in [7, 11) is 0. The van der Waals surface area contributed by atoms with Crippen molar-refractivity contribution in [2.45, 2.75) is 13.8 Å². The Bertz CT molecular complexity index is 600. The molecule has 0 unspecified atom stereocenters. The molecule has 0 atom stereocenters. The first kappa shape index (κ1) is 13.5. The average molecular weight is 374 g/mol. The molecule has 0 aliphatic carbocycles. The molecule has 94 valence electrons. The average Bonchev–Trinajstić information content (AvgIpc) is 2.31. The van der Waals surface area contributed by atoms with Crippen molar-refractivity contribution < 1.29 is 4.39 Å². The van der Waals surface area contributed by atoms with E-state index in [2.05, 4.69) is 42.2 Å². The monoisotopic (exact) mass is 372 g/mol. The van der Waals surface area contributed by atoms with Crippen LogP contribution in [0.25, 0.3) is 0 Å². The van der Waals surface area contributed by atoms with Gasteiger partial charge < -0.3 is 5.32 Å². The quantitative estimate of drug-likeness (QED) is 0.791. The Balaban J connectivity index is 2.34. The van der Waals surface area contributed by atoms with E-state index in [9.17, 15) is 4.39 Å². The number of aromatic nitrogens is 1. The van der Waals surface area contributed by atoms with Crippen LogP contribution in [0.5, 0.6) is 0 Å². The minimum absolute atomic E-state index is 0.295. The van der Waals surface area contributed by atoms with Gasteiger partial charge in [-0.2, -0.15) is 0 Å². The Kier molecular flexibility index (Phi) is 4.02. The molecular formula is C13H11Br2FN2. The van der Waals surface area contributed by atoms with Gasteiger partial charge in [-0.3, -0.25) is 0 Å². The summed E-state index contributed by atoms with van der Waals surface area (Å²) in [6, 6.07) is 6.95. The van der Waals surface area contributed by atoms with Gasteiger partial charge in [0.05, 0.1) is 10.2 Å². The topological polar surface area (TPSA) is 24.9 Å². The molecule has 2 nitrogen and oxygen atoms in total. The predicted molar refractivity (Wildman–Crippen MR) is 78.8 cm³/mol. The van der Waals surface area contributed by atoms with Gasteiger partial charge >= 0.3 is 0 Å². The second-order valence-corrected chi connectivity index (χ2v) is 5.68. The summed E-state index contributed by atoms with van der Waals surface area (Å²) in [5.74, 6) is 0.400. The normalized spacial score (nSPS) is 10.5. The highest BCUT2D eigenvalue weighted by molar-refractivity contribution is 9.10. The smallest absolute Gasteiger partial charge is 0.139 e. The first-order chi connectivity index (χ1) is 8.47. The number of aryl methyl sites for hydroxylation is 2. The predicted octanol–water partition coefficient (Wildman–Crippen LogP) is 5.11. The molecule has 1 aromatic heterocycles. The lowest BCUT2D eigenvalue weighted by molar-refractivity contribution is 0.621. The van der Waals surface area contributed by atoms with Crippen LogP contribution in [0, 0.1) is 19.7 Å². The summed E-state index contributed by atoms with van der Waals surface area (Å²) in [6.45, 7) is 3.82. The number of halogens is 3. The van der Waals surface area contributed by atoms with Gasteiger partial charge in [-0.05, 0) is 75.5 Å². The number of hydrogen-bond donors (Lipinski definition) is 1. The molecular weight excluding hydrogens is 363 g/mol. The van der Waals surface area contributed by atoms with E-state index in [0.29, 0.717) is 16.0 Å². The highest BCUT2D eigenvalue weighted by Gasteiger charge is 2.06. The fourth-order valence-corrected chi connectivity index (χ4v) is 2.21. The van der Waals surface area contributed by atoms with Crippen LogP contribution in [-0.4, -0.2) is 4.98 Å². The molecule has 2 rings (SSSR count). The van der Waals surface area contributed by atoms with Crippen molar-refractivity contribution in [3.8, 4) is 0 Å². The van der Waals surface area contributed by atoms with E-state index in [1.807, 2.05) is 26.0 Å². The third-order valence-corrected chi connectivity index (χ3v) is 4.00. The molecule has 0 fully saturated rings. The van der Waals surface area contributed by atoms with Gasteiger partial charge in [0, 0.05) is 10.2 Å². The van der Waals surface area contributed by atoms with Gasteiger partial charge in [0.25, 0.3) is 0 Å². The van der Waals surface area contributed by atoms with Crippen LogP contribution in [0.2, 0.25) is 0 Å². The summed E-state index contributed by atoms with van der Waals surface area (Å²) in [6.07, 6.45) is 0. The van der Waals surface area contributed by atoms with Crippen molar-refractivity contribution in [3.63, 3.8) is 0 Å². The second kappa shape index (κ2) is 5.36. The molecule has 2 aromatic rings. The zero-order valence-electron chi connectivity index (χ0n) is 9.89. The van der Waals surface area contributed by atoms with Gasteiger partial charge in [0.2, 0.25) is 0 Å². The molecule has 0 radical (unpaired) electrons. The summed E-state index contributed by atoms with van der Waals surface area (Å²) >= 11 is 6.56. The van der Waals surface area contributed by atoms with E-state index in [4.69, 9.17) is 0 Å². The maximum atomic E-state index is 13.5. The summed E-state index contributed by atoms with van der Waals surface area (Å²) < 4.78 is 14.9. The third kappa shape index (κ3) is 2.90. The van der Waals surface area contributed by atoms with Crippen molar-refractivity contribution in [2.24, 2.45) is 0 Å². The number of pyridine rings is 1. The van der Waals surface area contributed by atoms with Gasteiger partial charge in [0.1, 0.15) is 11.6 Å². The van der Waals surface area contributed by atoms with Crippen molar-refractivity contribution >= 4 is 43.4 Å². The number of benzene rings is 1. The van der Waals surface area contributed by atoms with Crippen LogP contribution >= 0.6 is 31.9 Å². The zero-order valence-corrected chi connectivity index (χ0v) is 13.1. The molecule has 18 heavy (non-hydrogen) atoms. The van der Waals surface area contributed by atoms with Crippen molar-refractivity contribution in [1.82, 2.24) is 4.98 Å². The lowest BCUT2D eigenvalue weighted by Crippen LogP contribution is -1.98. The second-order valence-electron chi connectivity index (χ2n) is 3.97. The lowest BCUT2D eigenvalue weighted by atomic mass is 10.2. The molecule has 5 heteroatoms. The van der Waals surface area contributed by atoms with Crippen LogP contribution in [0.1, 0.15) is 11.3 Å². The molecule has 1 heterocycles. The minimum Gasteiger partial charge on any atom is -0.340 e. The maximum Gasteiger partial charge on any atom is 0.139 e. The Labute approximate surface area is 122 Å². The molecule has 0 aliphatic rings. The van der Waals surface area contributed by atoms with Crippen LogP contribution < -0.4 is 5.32 Å². The summed E-state index contributed by atoms with van der Waals surface area (Å²) in [5, 5.41) is 3.12. The third-order valence-electron chi connectivity index (χ3n) is 2.55. The fraction of sp³-hybridized carbons (Fsp3) is 0.154. The van der Waals surface area contributed by atoms with E-state index in [1.165, 1.54) is 6.07 Å². The van der Waals surface area contributed by atoms with Gasteiger partial charge in [0.15, 0.2) is 0 Å². The lowest BCUT2D eigenvalue weighted by Gasteiger charge is -2.11. The van der Waals surface area contributed by atoms with Crippen molar-refractivity contribution in [3.05, 3.63) is 50.3 Å². The fourth-order valence-electron chi connectivity index (χ4n) is 1.53. The molecule has 0 bridgehead atoms. The first-order valence-corrected chi connectivity index (χ1v) is 6.92. The molecule has 1 aromatic carbocycles. The molecule has 0 saturated carbocycles. The van der Waals surface area contributed by atoms with E-state index in [0.717, 1.165) is 15.7 Å². The molecule has 0 amide bonds. The standard InChI is InChI=1S/C13H11Br2FN2/c1-7-5-10(15)11(16)6-12(7)18-13-4-3-9(14)8(2)17-13/h3-6H,1-2H3,(H,17,18). The number of hydrogen-bond acceptors (Lipinski definition) is 2. The SMILES string of the molecule is Cc1cc(Br)c(F)cc1Nc1ccc(Br)c(C)n1. The number of anilines is 2. The molecule has 1 N–H and O–H groups in total. The Morgan fingerprint density at radius 2 is 1.83 bits per heavy atom. The number of rotatable bonds is 2. The van der Waals surface area contributed by atoms with Gasteiger partial charge in [-0.1, -0.05) is 0 Å². The van der Waals surface area contributed by atoms with E-state index in [1.54, 1.807) is 6.07 Å². The van der Waals surface area contributed by atoms with Crippen molar-refractivity contribution in [1.29, 1.82) is 0 Å².